The Hall–Kier alpha value is -1.66. The van der Waals surface area contributed by atoms with E-state index in [2.05, 4.69) is 34.0 Å². The van der Waals surface area contributed by atoms with Crippen LogP contribution in [0, 0.1) is 6.92 Å². The van der Waals surface area contributed by atoms with Crippen molar-refractivity contribution in [2.45, 2.75) is 32.3 Å². The number of nitrogens with zero attached hydrogens (tertiary/aromatic N) is 4. The highest BCUT2D eigenvalue weighted by Crippen LogP contribution is 2.23. The van der Waals surface area contributed by atoms with E-state index in [1.54, 1.807) is 6.33 Å². The molecular weight excluding hydrogens is 266 g/mol. The van der Waals surface area contributed by atoms with Gasteiger partial charge in [0.25, 0.3) is 0 Å². The van der Waals surface area contributed by atoms with E-state index in [0.717, 1.165) is 50.4 Å². The predicted molar refractivity (Wildman–Crippen MR) is 82.6 cm³/mol. The van der Waals surface area contributed by atoms with Crippen molar-refractivity contribution in [3.8, 4) is 0 Å². The SMILES string of the molecule is Cc1cc(N2CCC(OCCCN)CC2)n2ncnc2c1. The number of hydrogen-bond acceptors (Lipinski definition) is 5. The van der Waals surface area contributed by atoms with Crippen LogP contribution < -0.4 is 10.6 Å². The maximum atomic E-state index is 5.86. The van der Waals surface area contributed by atoms with Gasteiger partial charge in [0.15, 0.2) is 5.65 Å². The number of pyridine rings is 1. The van der Waals surface area contributed by atoms with E-state index in [1.165, 1.54) is 5.56 Å². The Bertz CT molecular complexity index is 589. The van der Waals surface area contributed by atoms with Gasteiger partial charge in [-0.1, -0.05) is 0 Å². The van der Waals surface area contributed by atoms with Crippen LogP contribution in [0.5, 0.6) is 0 Å². The minimum Gasteiger partial charge on any atom is -0.378 e. The van der Waals surface area contributed by atoms with Gasteiger partial charge in [0, 0.05) is 19.7 Å². The van der Waals surface area contributed by atoms with Crippen molar-refractivity contribution in [2.24, 2.45) is 5.73 Å². The Kier molecular flexibility index (Phi) is 4.36. The van der Waals surface area contributed by atoms with Crippen LogP contribution in [-0.2, 0) is 4.74 Å². The van der Waals surface area contributed by atoms with Gasteiger partial charge in [-0.05, 0) is 50.4 Å². The average Bonchev–Trinajstić information content (AvgIpc) is 2.95. The lowest BCUT2D eigenvalue weighted by Gasteiger charge is -2.33. The van der Waals surface area contributed by atoms with E-state index in [-0.39, 0.29) is 0 Å². The van der Waals surface area contributed by atoms with Crippen molar-refractivity contribution < 1.29 is 4.74 Å². The van der Waals surface area contributed by atoms with E-state index in [9.17, 15) is 0 Å². The van der Waals surface area contributed by atoms with Crippen molar-refractivity contribution in [3.63, 3.8) is 0 Å². The Labute approximate surface area is 124 Å². The van der Waals surface area contributed by atoms with E-state index in [0.29, 0.717) is 12.6 Å². The van der Waals surface area contributed by atoms with Crippen molar-refractivity contribution in [1.29, 1.82) is 0 Å². The zero-order chi connectivity index (χ0) is 14.7. The second-order valence-corrected chi connectivity index (χ2v) is 5.62. The summed E-state index contributed by atoms with van der Waals surface area (Å²) in [7, 11) is 0. The zero-order valence-corrected chi connectivity index (χ0v) is 12.5. The molecule has 1 saturated heterocycles. The van der Waals surface area contributed by atoms with Crippen LogP contribution in [0.15, 0.2) is 18.5 Å². The summed E-state index contributed by atoms with van der Waals surface area (Å²) in [5.74, 6) is 1.13. The molecule has 1 aliphatic rings. The van der Waals surface area contributed by atoms with Gasteiger partial charge in [-0.25, -0.2) is 4.98 Å². The summed E-state index contributed by atoms with van der Waals surface area (Å²) >= 11 is 0. The van der Waals surface area contributed by atoms with E-state index in [4.69, 9.17) is 10.5 Å². The first-order valence-electron chi connectivity index (χ1n) is 7.65. The second-order valence-electron chi connectivity index (χ2n) is 5.62. The molecule has 3 heterocycles. The number of anilines is 1. The van der Waals surface area contributed by atoms with Crippen molar-refractivity contribution in [1.82, 2.24) is 14.6 Å². The molecule has 0 unspecified atom stereocenters. The van der Waals surface area contributed by atoms with Crippen molar-refractivity contribution in [3.05, 3.63) is 24.0 Å². The van der Waals surface area contributed by atoms with Crippen LogP contribution in [0.25, 0.3) is 5.65 Å². The lowest BCUT2D eigenvalue weighted by Crippen LogP contribution is -2.38. The zero-order valence-electron chi connectivity index (χ0n) is 12.5. The average molecular weight is 289 g/mol. The Balaban J connectivity index is 1.67. The van der Waals surface area contributed by atoms with Crippen molar-refractivity contribution >= 4 is 11.5 Å². The smallest absolute Gasteiger partial charge is 0.157 e. The molecule has 2 aromatic heterocycles. The molecule has 6 nitrogen and oxygen atoms in total. The molecule has 114 valence electrons. The lowest BCUT2D eigenvalue weighted by atomic mass is 10.1. The van der Waals surface area contributed by atoms with Gasteiger partial charge in [0.1, 0.15) is 12.1 Å². The molecule has 0 aliphatic carbocycles. The van der Waals surface area contributed by atoms with E-state index in [1.807, 2.05) is 4.52 Å². The molecule has 0 bridgehead atoms. The number of rotatable bonds is 5. The quantitative estimate of drug-likeness (QED) is 0.842. The highest BCUT2D eigenvalue weighted by molar-refractivity contribution is 5.53. The van der Waals surface area contributed by atoms with E-state index < -0.39 is 0 Å². The first-order valence-corrected chi connectivity index (χ1v) is 7.65. The highest BCUT2D eigenvalue weighted by atomic mass is 16.5. The summed E-state index contributed by atoms with van der Waals surface area (Å²) < 4.78 is 7.78. The Morgan fingerprint density at radius 3 is 2.90 bits per heavy atom. The first-order chi connectivity index (χ1) is 10.3. The molecule has 3 rings (SSSR count). The van der Waals surface area contributed by atoms with Gasteiger partial charge in [-0.2, -0.15) is 9.61 Å². The summed E-state index contributed by atoms with van der Waals surface area (Å²) in [4.78, 5) is 6.66. The third kappa shape index (κ3) is 3.16. The Morgan fingerprint density at radius 1 is 1.33 bits per heavy atom. The molecule has 0 amide bonds. The van der Waals surface area contributed by atoms with Gasteiger partial charge in [0.05, 0.1) is 6.10 Å². The maximum Gasteiger partial charge on any atom is 0.157 e. The van der Waals surface area contributed by atoms with Crippen LogP contribution in [0.3, 0.4) is 0 Å². The molecule has 0 spiro atoms. The molecule has 6 heteroatoms. The van der Waals surface area contributed by atoms with Crippen molar-refractivity contribution in [2.75, 3.05) is 31.1 Å². The topological polar surface area (TPSA) is 68.7 Å². The van der Waals surface area contributed by atoms with Crippen LogP contribution in [0.2, 0.25) is 0 Å². The minimum absolute atomic E-state index is 0.365. The number of aryl methyl sites for hydroxylation is 1. The molecule has 2 N–H and O–H groups in total. The van der Waals surface area contributed by atoms with Gasteiger partial charge >= 0.3 is 0 Å². The first kappa shape index (κ1) is 14.3. The van der Waals surface area contributed by atoms with Gasteiger partial charge < -0.3 is 15.4 Å². The van der Waals surface area contributed by atoms with Crippen LogP contribution >= 0.6 is 0 Å². The van der Waals surface area contributed by atoms with Crippen LogP contribution in [0.4, 0.5) is 5.82 Å². The third-order valence-corrected chi connectivity index (χ3v) is 3.97. The van der Waals surface area contributed by atoms with Crippen LogP contribution in [-0.4, -0.2) is 46.9 Å². The fraction of sp³-hybridized carbons (Fsp3) is 0.600. The Morgan fingerprint density at radius 2 is 2.14 bits per heavy atom. The summed E-state index contributed by atoms with van der Waals surface area (Å²) in [5.41, 5.74) is 7.62. The maximum absolute atomic E-state index is 5.86. The standard InChI is InChI=1S/C15H23N5O/c1-12-9-14-17-11-18-20(14)15(10-12)19-6-3-13(4-7-19)21-8-2-5-16/h9-11,13H,2-8,16H2,1H3. The normalized spacial score (nSPS) is 16.8. The largest absolute Gasteiger partial charge is 0.378 e. The lowest BCUT2D eigenvalue weighted by molar-refractivity contribution is 0.0365. The highest BCUT2D eigenvalue weighted by Gasteiger charge is 2.21. The fourth-order valence-electron chi connectivity index (χ4n) is 2.85. The molecule has 1 aliphatic heterocycles. The number of piperidine rings is 1. The molecule has 0 radical (unpaired) electrons. The molecule has 1 fully saturated rings. The summed E-state index contributed by atoms with van der Waals surface area (Å²) in [6, 6.07) is 4.23. The van der Waals surface area contributed by atoms with Gasteiger partial charge in [-0.3, -0.25) is 0 Å². The number of hydrogen-bond donors (Lipinski definition) is 1. The summed E-state index contributed by atoms with van der Waals surface area (Å²) in [5, 5.41) is 4.33. The number of aromatic nitrogens is 3. The second kappa shape index (κ2) is 6.41. The monoisotopic (exact) mass is 289 g/mol. The summed E-state index contributed by atoms with van der Waals surface area (Å²) in [6.45, 7) is 5.56. The minimum atomic E-state index is 0.365. The van der Waals surface area contributed by atoms with Gasteiger partial charge in [-0.15, -0.1) is 0 Å². The molecular formula is C15H23N5O. The molecule has 21 heavy (non-hydrogen) atoms. The molecule has 0 atom stereocenters. The molecule has 0 saturated carbocycles. The van der Waals surface area contributed by atoms with E-state index >= 15 is 0 Å². The summed E-state index contributed by atoms with van der Waals surface area (Å²) in [6.07, 6.45) is 5.02. The fourth-order valence-corrected chi connectivity index (χ4v) is 2.85. The third-order valence-electron chi connectivity index (χ3n) is 3.97. The van der Waals surface area contributed by atoms with Gasteiger partial charge in [0.2, 0.25) is 0 Å². The number of ether oxygens (including phenoxy) is 1. The molecule has 0 aromatic carbocycles. The number of nitrogens with two attached hydrogens (primary N) is 1. The predicted octanol–water partition coefficient (Wildman–Crippen LogP) is 1.37. The number of fused-ring (bicyclic) bond motifs is 1. The molecule has 2 aromatic rings. The van der Waals surface area contributed by atoms with Crippen LogP contribution in [0.1, 0.15) is 24.8 Å².